The Hall–Kier alpha value is -2.97. The van der Waals surface area contributed by atoms with Crippen LogP contribution in [0.4, 0.5) is 0 Å². The van der Waals surface area contributed by atoms with E-state index in [0.717, 1.165) is 30.4 Å². The van der Waals surface area contributed by atoms with E-state index in [-0.39, 0.29) is 21.8 Å². The van der Waals surface area contributed by atoms with Crippen LogP contribution in [0.3, 0.4) is 0 Å². The summed E-state index contributed by atoms with van der Waals surface area (Å²) in [6.07, 6.45) is 2.81. The highest BCUT2D eigenvalue weighted by atomic mass is 32.2. The van der Waals surface area contributed by atoms with Crippen LogP contribution in [0.1, 0.15) is 41.3 Å². The molecule has 2 aliphatic carbocycles. The molecular formula is C22H20N2O5S. The second-order valence-electron chi connectivity index (χ2n) is 7.99. The van der Waals surface area contributed by atoms with Gasteiger partial charge in [-0.25, -0.2) is 13.6 Å². The van der Waals surface area contributed by atoms with Gasteiger partial charge in [-0.15, -0.1) is 0 Å². The summed E-state index contributed by atoms with van der Waals surface area (Å²) < 4.78 is 35.2. The number of aromatic nitrogens is 1. The molecule has 1 saturated carbocycles. The van der Waals surface area contributed by atoms with Gasteiger partial charge < -0.3 is 9.26 Å². The molecule has 0 bridgehead atoms. The van der Waals surface area contributed by atoms with Crippen LogP contribution in [-0.4, -0.2) is 26.5 Å². The number of carbonyl (C=O) groups is 1. The minimum absolute atomic E-state index is 0.00272. The molecule has 5 rings (SSSR count). The van der Waals surface area contributed by atoms with Gasteiger partial charge in [0.25, 0.3) is 0 Å². The van der Waals surface area contributed by atoms with Gasteiger partial charge in [-0.2, -0.15) is 0 Å². The third-order valence-corrected chi connectivity index (χ3v) is 7.08. The number of hydrogen-bond acceptors (Lipinski definition) is 6. The zero-order valence-electron chi connectivity index (χ0n) is 16.6. The van der Waals surface area contributed by atoms with Crippen molar-refractivity contribution in [1.82, 2.24) is 5.16 Å². The van der Waals surface area contributed by atoms with E-state index >= 15 is 0 Å². The fourth-order valence-electron chi connectivity index (χ4n) is 4.48. The summed E-state index contributed by atoms with van der Waals surface area (Å²) in [5, 5.41) is 9.66. The molecule has 1 fully saturated rings. The lowest BCUT2D eigenvalue weighted by Gasteiger charge is -2.25. The number of hydrogen-bond donors (Lipinski definition) is 1. The molecule has 1 heterocycles. The number of sulfonamides is 1. The molecule has 8 heteroatoms. The Labute approximate surface area is 173 Å². The molecule has 0 unspecified atom stereocenters. The van der Waals surface area contributed by atoms with Gasteiger partial charge >= 0.3 is 0 Å². The first-order valence-electron chi connectivity index (χ1n) is 9.60. The summed E-state index contributed by atoms with van der Waals surface area (Å²) in [7, 11) is -2.58. The average Bonchev–Trinajstić information content (AvgIpc) is 3.35. The Kier molecular flexibility index (Phi) is 3.97. The Balaban J connectivity index is 1.75. The first-order valence-corrected chi connectivity index (χ1v) is 11.1. The van der Waals surface area contributed by atoms with Crippen molar-refractivity contribution >= 4 is 15.8 Å². The van der Waals surface area contributed by atoms with Gasteiger partial charge in [0, 0.05) is 27.7 Å². The van der Waals surface area contributed by atoms with Gasteiger partial charge in [-0.3, -0.25) is 4.79 Å². The van der Waals surface area contributed by atoms with E-state index in [4.69, 9.17) is 14.4 Å². The topological polar surface area (TPSA) is 112 Å². The maximum atomic E-state index is 12.0. The third kappa shape index (κ3) is 2.71. The van der Waals surface area contributed by atoms with Crippen LogP contribution in [0.25, 0.3) is 22.6 Å². The fourth-order valence-corrected chi connectivity index (χ4v) is 5.20. The van der Waals surface area contributed by atoms with Crippen molar-refractivity contribution in [3.8, 4) is 28.3 Å². The number of fused-ring (bicyclic) bond motifs is 4. The van der Waals surface area contributed by atoms with E-state index in [9.17, 15) is 13.2 Å². The predicted octanol–water partition coefficient (Wildman–Crippen LogP) is 3.45. The van der Waals surface area contributed by atoms with Crippen LogP contribution in [0, 0.1) is 0 Å². The normalized spacial score (nSPS) is 16.1. The summed E-state index contributed by atoms with van der Waals surface area (Å²) in [6.45, 7) is 1.54. The second kappa shape index (κ2) is 6.26. The molecule has 3 aromatic rings. The SMILES string of the molecule is COc1c(-c2noc3c2CC2(CC2)c2ccc(C(C)=O)cc2-3)cccc1S(N)(=O)=O. The number of nitrogens with zero attached hydrogens (tertiary/aromatic N) is 1. The minimum atomic E-state index is -3.98. The zero-order chi connectivity index (χ0) is 21.3. The van der Waals surface area contributed by atoms with E-state index in [1.807, 2.05) is 18.2 Å². The summed E-state index contributed by atoms with van der Waals surface area (Å²) in [4.78, 5) is 11.8. The van der Waals surface area contributed by atoms with Crippen LogP contribution < -0.4 is 9.88 Å². The van der Waals surface area contributed by atoms with E-state index in [0.29, 0.717) is 22.6 Å². The minimum Gasteiger partial charge on any atom is -0.495 e. The maximum Gasteiger partial charge on any atom is 0.241 e. The molecule has 0 saturated heterocycles. The Bertz CT molecular complexity index is 1320. The van der Waals surface area contributed by atoms with Crippen molar-refractivity contribution < 1.29 is 22.5 Å². The highest BCUT2D eigenvalue weighted by Crippen LogP contribution is 2.58. The Morgan fingerprint density at radius 1 is 1.20 bits per heavy atom. The summed E-state index contributed by atoms with van der Waals surface area (Å²) in [5.74, 6) is 0.741. The number of carbonyl (C=O) groups excluding carboxylic acids is 1. The number of ketones is 1. The molecule has 0 atom stereocenters. The number of nitrogens with two attached hydrogens (primary N) is 1. The first kappa shape index (κ1) is 19.0. The predicted molar refractivity (Wildman–Crippen MR) is 110 cm³/mol. The first-order chi connectivity index (χ1) is 14.2. The van der Waals surface area contributed by atoms with Gasteiger partial charge in [-0.1, -0.05) is 23.4 Å². The molecule has 0 amide bonds. The summed E-state index contributed by atoms with van der Waals surface area (Å²) in [5.41, 5.74) is 4.61. The van der Waals surface area contributed by atoms with Gasteiger partial charge in [0.15, 0.2) is 11.5 Å². The molecule has 2 aromatic carbocycles. The van der Waals surface area contributed by atoms with E-state index in [2.05, 4.69) is 5.16 Å². The third-order valence-electron chi connectivity index (χ3n) is 6.14. The molecule has 2 aliphatic rings. The van der Waals surface area contributed by atoms with Crippen LogP contribution in [0.15, 0.2) is 45.8 Å². The lowest BCUT2D eigenvalue weighted by atomic mass is 9.77. The average molecular weight is 424 g/mol. The van der Waals surface area contributed by atoms with Crippen molar-refractivity contribution in [1.29, 1.82) is 0 Å². The standard InChI is InChI=1S/C22H20N2O5S/c1-12(25)13-6-7-17-15(10-13)20-16(11-22(17)8-9-22)19(24-29-20)14-4-3-5-18(21(14)28-2)30(23,26)27/h3-7,10H,8-9,11H2,1-2H3,(H2,23,26,27). The Morgan fingerprint density at radius 2 is 1.97 bits per heavy atom. The van der Waals surface area contributed by atoms with E-state index in [1.54, 1.807) is 12.1 Å². The summed E-state index contributed by atoms with van der Waals surface area (Å²) in [6, 6.07) is 10.5. The molecule has 1 spiro atoms. The molecule has 2 N–H and O–H groups in total. The molecule has 0 aliphatic heterocycles. The number of rotatable bonds is 4. The number of ether oxygens (including phenoxy) is 1. The highest BCUT2D eigenvalue weighted by molar-refractivity contribution is 7.89. The smallest absolute Gasteiger partial charge is 0.241 e. The van der Waals surface area contributed by atoms with Gasteiger partial charge in [0.2, 0.25) is 10.0 Å². The Morgan fingerprint density at radius 3 is 2.60 bits per heavy atom. The van der Waals surface area contributed by atoms with Crippen molar-refractivity contribution in [3.05, 3.63) is 53.1 Å². The molecule has 30 heavy (non-hydrogen) atoms. The van der Waals surface area contributed by atoms with Crippen LogP contribution in [-0.2, 0) is 21.9 Å². The lowest BCUT2D eigenvalue weighted by Crippen LogP contribution is -2.18. The number of para-hydroxylation sites is 1. The van der Waals surface area contributed by atoms with E-state index < -0.39 is 10.0 Å². The maximum absolute atomic E-state index is 12.0. The zero-order valence-corrected chi connectivity index (χ0v) is 17.4. The van der Waals surface area contributed by atoms with E-state index in [1.165, 1.54) is 25.7 Å². The molecule has 0 radical (unpaired) electrons. The quantitative estimate of drug-likeness (QED) is 0.642. The van der Waals surface area contributed by atoms with Crippen LogP contribution >= 0.6 is 0 Å². The lowest BCUT2D eigenvalue weighted by molar-refractivity contribution is 0.101. The van der Waals surface area contributed by atoms with Crippen molar-refractivity contribution in [2.75, 3.05) is 7.11 Å². The number of Topliss-reactive ketones (excluding diaryl/α,β-unsaturated/α-hetero) is 1. The van der Waals surface area contributed by atoms with Crippen LogP contribution in [0.2, 0.25) is 0 Å². The fraction of sp³-hybridized carbons (Fsp3) is 0.273. The number of primary sulfonamides is 1. The van der Waals surface area contributed by atoms with Crippen molar-refractivity contribution in [3.63, 3.8) is 0 Å². The molecule has 154 valence electrons. The van der Waals surface area contributed by atoms with Gasteiger partial charge in [0.05, 0.1) is 7.11 Å². The largest absolute Gasteiger partial charge is 0.495 e. The summed E-state index contributed by atoms with van der Waals surface area (Å²) >= 11 is 0. The van der Waals surface area contributed by atoms with Gasteiger partial charge in [-0.05, 0) is 49.9 Å². The highest BCUT2D eigenvalue weighted by Gasteiger charge is 2.50. The van der Waals surface area contributed by atoms with Crippen LogP contribution in [0.5, 0.6) is 5.75 Å². The number of benzene rings is 2. The molecule has 1 aromatic heterocycles. The van der Waals surface area contributed by atoms with Gasteiger partial charge in [0.1, 0.15) is 16.3 Å². The monoisotopic (exact) mass is 424 g/mol. The van der Waals surface area contributed by atoms with Crippen molar-refractivity contribution in [2.24, 2.45) is 5.14 Å². The molecular weight excluding hydrogens is 404 g/mol. The second-order valence-corrected chi connectivity index (χ2v) is 9.52. The van der Waals surface area contributed by atoms with Crippen molar-refractivity contribution in [2.45, 2.75) is 36.5 Å². The molecule has 7 nitrogen and oxygen atoms in total. The number of methoxy groups -OCH3 is 1.